The van der Waals surface area contributed by atoms with E-state index >= 15 is 0 Å². The molecule has 21 heavy (non-hydrogen) atoms. The molecule has 0 radical (unpaired) electrons. The van der Waals surface area contributed by atoms with Gasteiger partial charge in [0.15, 0.2) is 0 Å². The largest absolute Gasteiger partial charge is 0.394 e. The van der Waals surface area contributed by atoms with Crippen molar-refractivity contribution >= 4 is 38.9 Å². The highest BCUT2D eigenvalue weighted by atomic mass is 35.5. The SMILES string of the molecule is CCC(CC)(CO)NC(=O)c1sc2cc(F)ccc2c1Cl. The van der Waals surface area contributed by atoms with Gasteiger partial charge in [0.25, 0.3) is 5.91 Å². The molecule has 0 atom stereocenters. The van der Waals surface area contributed by atoms with Gasteiger partial charge in [0.05, 0.1) is 17.2 Å². The second-order valence-corrected chi connectivity index (χ2v) is 6.42. The van der Waals surface area contributed by atoms with Crippen LogP contribution >= 0.6 is 22.9 Å². The van der Waals surface area contributed by atoms with Crippen molar-refractivity contribution in [2.24, 2.45) is 0 Å². The molecule has 2 rings (SSSR count). The van der Waals surface area contributed by atoms with Crippen molar-refractivity contribution in [3.8, 4) is 0 Å². The molecule has 2 N–H and O–H groups in total. The Hall–Kier alpha value is -1.17. The number of halogens is 2. The van der Waals surface area contributed by atoms with Crippen molar-refractivity contribution in [1.82, 2.24) is 5.32 Å². The molecule has 3 nitrogen and oxygen atoms in total. The van der Waals surface area contributed by atoms with E-state index in [0.717, 1.165) is 11.3 Å². The van der Waals surface area contributed by atoms with Crippen molar-refractivity contribution in [2.45, 2.75) is 32.2 Å². The first-order chi connectivity index (χ1) is 9.96. The van der Waals surface area contributed by atoms with Crippen LogP contribution in [0.25, 0.3) is 10.1 Å². The fraction of sp³-hybridized carbons (Fsp3) is 0.400. The van der Waals surface area contributed by atoms with Crippen LogP contribution < -0.4 is 5.32 Å². The Labute approximate surface area is 131 Å². The quantitative estimate of drug-likeness (QED) is 0.871. The molecule has 1 heterocycles. The third-order valence-electron chi connectivity index (χ3n) is 3.83. The van der Waals surface area contributed by atoms with E-state index in [2.05, 4.69) is 5.32 Å². The summed E-state index contributed by atoms with van der Waals surface area (Å²) >= 11 is 7.38. The predicted molar refractivity (Wildman–Crippen MR) is 84.7 cm³/mol. The molecule has 1 aromatic heterocycles. The van der Waals surface area contributed by atoms with Crippen molar-refractivity contribution in [2.75, 3.05) is 6.61 Å². The van der Waals surface area contributed by atoms with E-state index < -0.39 is 5.54 Å². The van der Waals surface area contributed by atoms with Crippen LogP contribution in [0.3, 0.4) is 0 Å². The lowest BCUT2D eigenvalue weighted by molar-refractivity contribution is 0.0822. The summed E-state index contributed by atoms with van der Waals surface area (Å²) in [6.07, 6.45) is 1.23. The number of carbonyl (C=O) groups is 1. The van der Waals surface area contributed by atoms with Crippen LogP contribution in [-0.4, -0.2) is 23.2 Å². The number of benzene rings is 1. The zero-order valence-electron chi connectivity index (χ0n) is 11.9. The van der Waals surface area contributed by atoms with Crippen LogP contribution in [0.4, 0.5) is 4.39 Å². The summed E-state index contributed by atoms with van der Waals surface area (Å²) in [4.78, 5) is 12.8. The molecular formula is C15H17ClFNO2S. The Bertz CT molecular complexity index is 659. The summed E-state index contributed by atoms with van der Waals surface area (Å²) in [5.41, 5.74) is -0.651. The number of rotatable bonds is 5. The number of hydrogen-bond donors (Lipinski definition) is 2. The van der Waals surface area contributed by atoms with E-state index in [1.165, 1.54) is 12.1 Å². The van der Waals surface area contributed by atoms with E-state index in [9.17, 15) is 14.3 Å². The Morgan fingerprint density at radius 1 is 1.43 bits per heavy atom. The van der Waals surface area contributed by atoms with Crippen LogP contribution in [0.2, 0.25) is 5.02 Å². The Morgan fingerprint density at radius 3 is 2.67 bits per heavy atom. The second-order valence-electron chi connectivity index (χ2n) is 4.99. The first-order valence-corrected chi connectivity index (χ1v) is 7.96. The Kier molecular flexibility index (Phi) is 4.86. The maximum Gasteiger partial charge on any atom is 0.263 e. The van der Waals surface area contributed by atoms with Crippen molar-refractivity contribution in [1.29, 1.82) is 0 Å². The average molecular weight is 330 g/mol. The molecule has 0 saturated carbocycles. The van der Waals surface area contributed by atoms with Crippen LogP contribution in [0.5, 0.6) is 0 Å². The number of aliphatic hydroxyl groups is 1. The number of amides is 1. The molecule has 6 heteroatoms. The molecule has 0 spiro atoms. The third kappa shape index (κ3) is 3.05. The molecule has 114 valence electrons. The van der Waals surface area contributed by atoms with Gasteiger partial charge in [-0.1, -0.05) is 25.4 Å². The van der Waals surface area contributed by atoms with Gasteiger partial charge in [0, 0.05) is 10.1 Å². The van der Waals surface area contributed by atoms with Crippen molar-refractivity contribution < 1.29 is 14.3 Å². The topological polar surface area (TPSA) is 49.3 Å². The fourth-order valence-corrected chi connectivity index (χ4v) is 3.61. The van der Waals surface area contributed by atoms with E-state index in [0.29, 0.717) is 32.8 Å². The normalized spacial score (nSPS) is 11.9. The number of fused-ring (bicyclic) bond motifs is 1. The molecule has 1 aromatic carbocycles. The van der Waals surface area contributed by atoms with E-state index in [4.69, 9.17) is 11.6 Å². The highest BCUT2D eigenvalue weighted by Crippen LogP contribution is 2.36. The molecule has 2 aromatic rings. The number of aliphatic hydroxyl groups excluding tert-OH is 1. The monoisotopic (exact) mass is 329 g/mol. The highest BCUT2D eigenvalue weighted by molar-refractivity contribution is 7.21. The van der Waals surface area contributed by atoms with Crippen LogP contribution in [0.1, 0.15) is 36.4 Å². The van der Waals surface area contributed by atoms with Gasteiger partial charge in [-0.2, -0.15) is 0 Å². The van der Waals surface area contributed by atoms with Crippen molar-refractivity contribution in [3.63, 3.8) is 0 Å². The first-order valence-electron chi connectivity index (χ1n) is 6.77. The summed E-state index contributed by atoms with van der Waals surface area (Å²) in [5, 5.41) is 13.4. The van der Waals surface area contributed by atoms with Gasteiger partial charge in [0.1, 0.15) is 10.7 Å². The Morgan fingerprint density at radius 2 is 2.10 bits per heavy atom. The molecule has 0 aliphatic rings. The van der Waals surface area contributed by atoms with E-state index in [-0.39, 0.29) is 18.3 Å². The second kappa shape index (κ2) is 6.30. The standard InChI is InChI=1S/C15H17ClFNO2S/c1-3-15(4-2,8-19)18-14(20)13-12(16)10-6-5-9(17)7-11(10)21-13/h5-7,19H,3-4,8H2,1-2H3,(H,18,20). The summed E-state index contributed by atoms with van der Waals surface area (Å²) in [6, 6.07) is 4.25. The lowest BCUT2D eigenvalue weighted by Gasteiger charge is -2.30. The molecule has 0 fully saturated rings. The number of carbonyl (C=O) groups excluding carboxylic acids is 1. The smallest absolute Gasteiger partial charge is 0.263 e. The lowest BCUT2D eigenvalue weighted by Crippen LogP contribution is -2.50. The molecular weight excluding hydrogens is 313 g/mol. The zero-order chi connectivity index (χ0) is 15.6. The minimum Gasteiger partial charge on any atom is -0.394 e. The molecule has 0 unspecified atom stereocenters. The van der Waals surface area contributed by atoms with Gasteiger partial charge in [-0.25, -0.2) is 4.39 Å². The molecule has 1 amide bonds. The van der Waals surface area contributed by atoms with Gasteiger partial charge in [-0.15, -0.1) is 11.3 Å². The fourth-order valence-electron chi connectivity index (χ4n) is 2.17. The van der Waals surface area contributed by atoms with Crippen LogP contribution in [0, 0.1) is 5.82 Å². The molecule has 0 aliphatic heterocycles. The van der Waals surface area contributed by atoms with Gasteiger partial charge in [0.2, 0.25) is 0 Å². The molecule has 0 bridgehead atoms. The summed E-state index contributed by atoms with van der Waals surface area (Å²) in [5.74, 6) is -0.696. The van der Waals surface area contributed by atoms with Gasteiger partial charge in [-0.3, -0.25) is 4.79 Å². The predicted octanol–water partition coefficient (Wildman–Crippen LogP) is 3.97. The van der Waals surface area contributed by atoms with Gasteiger partial charge in [-0.05, 0) is 31.0 Å². The zero-order valence-corrected chi connectivity index (χ0v) is 13.4. The maximum absolute atomic E-state index is 13.2. The van der Waals surface area contributed by atoms with Crippen LogP contribution in [-0.2, 0) is 0 Å². The summed E-state index contributed by atoms with van der Waals surface area (Å²) in [6.45, 7) is 3.67. The maximum atomic E-state index is 13.2. The highest BCUT2D eigenvalue weighted by Gasteiger charge is 2.29. The first kappa shape index (κ1) is 16.2. The summed E-state index contributed by atoms with van der Waals surface area (Å²) < 4.78 is 13.9. The van der Waals surface area contributed by atoms with Crippen molar-refractivity contribution in [3.05, 3.63) is 33.9 Å². The van der Waals surface area contributed by atoms with Gasteiger partial charge < -0.3 is 10.4 Å². The number of nitrogens with one attached hydrogen (secondary N) is 1. The minimum atomic E-state index is -0.651. The van der Waals surface area contributed by atoms with Crippen LogP contribution in [0.15, 0.2) is 18.2 Å². The minimum absolute atomic E-state index is 0.136. The number of thiophene rings is 1. The molecule has 0 saturated heterocycles. The molecule has 0 aliphatic carbocycles. The van der Waals surface area contributed by atoms with E-state index in [1.807, 2.05) is 13.8 Å². The number of hydrogen-bond acceptors (Lipinski definition) is 3. The average Bonchev–Trinajstić information content (AvgIpc) is 2.81. The third-order valence-corrected chi connectivity index (χ3v) is 5.49. The van der Waals surface area contributed by atoms with E-state index in [1.54, 1.807) is 6.07 Å². The van der Waals surface area contributed by atoms with Gasteiger partial charge >= 0.3 is 0 Å². The Balaban J connectivity index is 2.37. The summed E-state index contributed by atoms with van der Waals surface area (Å²) in [7, 11) is 0. The lowest BCUT2D eigenvalue weighted by atomic mass is 9.94.